The molecule has 0 N–H and O–H groups in total. The normalized spacial score (nSPS) is 20.5. The summed E-state index contributed by atoms with van der Waals surface area (Å²) in [5.74, 6) is 0.724. The second-order valence-electron chi connectivity index (χ2n) is 8.80. The van der Waals surface area contributed by atoms with Crippen molar-refractivity contribution in [3.05, 3.63) is 59.7 Å². The molecule has 6 nitrogen and oxygen atoms in total. The van der Waals surface area contributed by atoms with Gasteiger partial charge in [-0.15, -0.1) is 0 Å². The lowest BCUT2D eigenvalue weighted by Crippen LogP contribution is -2.35. The van der Waals surface area contributed by atoms with E-state index in [1.165, 1.54) is 37.6 Å². The van der Waals surface area contributed by atoms with Crippen LogP contribution >= 0.6 is 0 Å². The van der Waals surface area contributed by atoms with Gasteiger partial charge in [-0.3, -0.25) is 4.79 Å². The molecule has 1 aliphatic rings. The highest BCUT2D eigenvalue weighted by molar-refractivity contribution is 5.92. The van der Waals surface area contributed by atoms with Gasteiger partial charge in [0, 0.05) is 6.92 Å². The topological polar surface area (TPSA) is 78.9 Å². The van der Waals surface area contributed by atoms with Crippen LogP contribution in [0, 0.1) is 17.8 Å². The van der Waals surface area contributed by atoms with E-state index in [4.69, 9.17) is 14.2 Å². The van der Waals surface area contributed by atoms with Gasteiger partial charge >= 0.3 is 17.9 Å². The van der Waals surface area contributed by atoms with Gasteiger partial charge in [-0.05, 0) is 79.1 Å². The molecule has 3 rings (SSSR count). The predicted molar refractivity (Wildman–Crippen MR) is 120 cm³/mol. The Balaban J connectivity index is 1.59. The Hall–Kier alpha value is -3.15. The fourth-order valence-corrected chi connectivity index (χ4v) is 4.11. The highest BCUT2D eigenvalue weighted by Crippen LogP contribution is 2.35. The molecule has 0 aliphatic heterocycles. The molecule has 6 heteroatoms. The molecule has 3 atom stereocenters. The molecule has 2 aromatic rings. The highest BCUT2D eigenvalue weighted by Gasteiger charge is 2.33. The van der Waals surface area contributed by atoms with Crippen LogP contribution in [0.1, 0.15) is 67.7 Å². The van der Waals surface area contributed by atoms with E-state index in [1.54, 1.807) is 24.3 Å². The number of ether oxygens (including phenoxy) is 3. The van der Waals surface area contributed by atoms with Crippen LogP contribution in [0.15, 0.2) is 48.5 Å². The molecule has 0 saturated heterocycles. The van der Waals surface area contributed by atoms with Gasteiger partial charge in [0.05, 0.1) is 11.1 Å². The van der Waals surface area contributed by atoms with Gasteiger partial charge in [0.2, 0.25) is 0 Å². The van der Waals surface area contributed by atoms with Crippen molar-refractivity contribution in [1.29, 1.82) is 0 Å². The zero-order chi connectivity index (χ0) is 23.3. The van der Waals surface area contributed by atoms with Crippen molar-refractivity contribution in [2.45, 2.75) is 53.1 Å². The Labute approximate surface area is 188 Å². The van der Waals surface area contributed by atoms with Gasteiger partial charge in [-0.25, -0.2) is 9.59 Å². The zero-order valence-electron chi connectivity index (χ0n) is 19.0. The Morgan fingerprint density at radius 2 is 1.34 bits per heavy atom. The summed E-state index contributed by atoms with van der Waals surface area (Å²) in [4.78, 5) is 36.0. The summed E-state index contributed by atoms with van der Waals surface area (Å²) in [7, 11) is 0. The first kappa shape index (κ1) is 23.5. The van der Waals surface area contributed by atoms with Crippen molar-refractivity contribution in [2.75, 3.05) is 0 Å². The lowest BCUT2D eigenvalue weighted by molar-refractivity contribution is -0.131. The van der Waals surface area contributed by atoms with E-state index >= 15 is 0 Å². The Kier molecular flexibility index (Phi) is 7.67. The summed E-state index contributed by atoms with van der Waals surface area (Å²) in [5.41, 5.74) is 0.742. The van der Waals surface area contributed by atoms with E-state index in [0.29, 0.717) is 40.4 Å². The van der Waals surface area contributed by atoms with Crippen LogP contribution in [0.5, 0.6) is 11.5 Å². The van der Waals surface area contributed by atoms with Crippen molar-refractivity contribution < 1.29 is 28.6 Å². The number of esters is 3. The summed E-state index contributed by atoms with van der Waals surface area (Å²) in [6, 6.07) is 12.4. The van der Waals surface area contributed by atoms with E-state index in [-0.39, 0.29) is 12.1 Å². The summed E-state index contributed by atoms with van der Waals surface area (Å²) >= 11 is 0. The second kappa shape index (κ2) is 10.4. The van der Waals surface area contributed by atoms with Crippen LogP contribution in [0.25, 0.3) is 0 Å². The lowest BCUT2D eigenvalue weighted by Gasteiger charge is -2.36. The van der Waals surface area contributed by atoms with Crippen LogP contribution in [-0.2, 0) is 9.53 Å². The summed E-state index contributed by atoms with van der Waals surface area (Å²) < 4.78 is 16.2. The molecule has 32 heavy (non-hydrogen) atoms. The third-order valence-electron chi connectivity index (χ3n) is 5.87. The number of hydrogen-bond donors (Lipinski definition) is 0. The van der Waals surface area contributed by atoms with Crippen LogP contribution in [0.3, 0.4) is 0 Å². The van der Waals surface area contributed by atoms with Gasteiger partial charge in [-0.2, -0.15) is 0 Å². The maximum Gasteiger partial charge on any atom is 0.343 e. The molecule has 0 bridgehead atoms. The van der Waals surface area contributed by atoms with E-state index in [1.807, 2.05) is 0 Å². The highest BCUT2D eigenvalue weighted by atomic mass is 16.5. The minimum absolute atomic E-state index is 0.0706. The first-order valence-corrected chi connectivity index (χ1v) is 11.0. The fraction of sp³-hybridized carbons (Fsp3) is 0.423. The van der Waals surface area contributed by atoms with Crippen LogP contribution in [-0.4, -0.2) is 24.0 Å². The van der Waals surface area contributed by atoms with Gasteiger partial charge in [0.25, 0.3) is 0 Å². The Morgan fingerprint density at radius 3 is 1.88 bits per heavy atom. The third-order valence-corrected chi connectivity index (χ3v) is 5.87. The van der Waals surface area contributed by atoms with E-state index in [2.05, 4.69) is 20.8 Å². The van der Waals surface area contributed by atoms with E-state index in [9.17, 15) is 14.4 Å². The average molecular weight is 439 g/mol. The van der Waals surface area contributed by atoms with Gasteiger partial charge in [-0.1, -0.05) is 27.2 Å². The first-order chi connectivity index (χ1) is 15.2. The quantitative estimate of drug-likeness (QED) is 0.441. The lowest BCUT2D eigenvalue weighted by atomic mass is 9.75. The molecule has 0 aromatic heterocycles. The monoisotopic (exact) mass is 438 g/mol. The fourth-order valence-electron chi connectivity index (χ4n) is 4.11. The van der Waals surface area contributed by atoms with Gasteiger partial charge < -0.3 is 14.2 Å². The maximum atomic E-state index is 12.7. The van der Waals surface area contributed by atoms with Crippen molar-refractivity contribution in [3.63, 3.8) is 0 Å². The van der Waals surface area contributed by atoms with Crippen molar-refractivity contribution in [3.8, 4) is 11.5 Å². The molecular weight excluding hydrogens is 408 g/mol. The number of rotatable bonds is 6. The van der Waals surface area contributed by atoms with E-state index < -0.39 is 11.9 Å². The predicted octanol–water partition coefficient (Wildman–Crippen LogP) is 5.45. The molecule has 0 radical (unpaired) electrons. The van der Waals surface area contributed by atoms with Crippen molar-refractivity contribution in [1.82, 2.24) is 0 Å². The molecule has 170 valence electrons. The average Bonchev–Trinajstić information content (AvgIpc) is 2.74. The zero-order valence-corrected chi connectivity index (χ0v) is 19.0. The second-order valence-corrected chi connectivity index (χ2v) is 8.80. The standard InChI is InChI=1S/C26H30O6/c1-16(2)23-14-5-17(3)15-24(23)32-26(29)20-8-12-22(13-9-20)31-25(28)19-6-10-21(11-7-19)30-18(4)27/h6-13,16-17,23-24H,5,14-15H2,1-4H3. The number of carbonyl (C=O) groups excluding carboxylic acids is 3. The Bertz CT molecular complexity index is 945. The third kappa shape index (κ3) is 6.19. The summed E-state index contributed by atoms with van der Waals surface area (Å²) in [6.45, 7) is 7.85. The SMILES string of the molecule is CC(=O)Oc1ccc(C(=O)Oc2ccc(C(=O)OC3CC(C)CCC3C(C)C)cc2)cc1. The Morgan fingerprint density at radius 1 is 0.812 bits per heavy atom. The van der Waals surface area contributed by atoms with Gasteiger partial charge in [0.15, 0.2) is 0 Å². The molecule has 0 spiro atoms. The molecular formula is C26H30O6. The van der Waals surface area contributed by atoms with Crippen molar-refractivity contribution >= 4 is 17.9 Å². The number of carbonyl (C=O) groups is 3. The molecule has 1 fully saturated rings. The molecule has 0 amide bonds. The summed E-state index contributed by atoms with van der Waals surface area (Å²) in [6.07, 6.45) is 3.07. The van der Waals surface area contributed by atoms with Crippen LogP contribution in [0.2, 0.25) is 0 Å². The first-order valence-electron chi connectivity index (χ1n) is 11.0. The molecule has 1 saturated carbocycles. The van der Waals surface area contributed by atoms with Gasteiger partial charge in [0.1, 0.15) is 17.6 Å². The smallest absolute Gasteiger partial charge is 0.343 e. The number of benzene rings is 2. The largest absolute Gasteiger partial charge is 0.458 e. The molecule has 3 unspecified atom stereocenters. The summed E-state index contributed by atoms with van der Waals surface area (Å²) in [5, 5.41) is 0. The molecule has 0 heterocycles. The van der Waals surface area contributed by atoms with Crippen LogP contribution < -0.4 is 9.47 Å². The number of hydrogen-bond acceptors (Lipinski definition) is 6. The minimum Gasteiger partial charge on any atom is -0.458 e. The maximum absolute atomic E-state index is 12.7. The van der Waals surface area contributed by atoms with Crippen LogP contribution in [0.4, 0.5) is 0 Å². The van der Waals surface area contributed by atoms with E-state index in [0.717, 1.165) is 12.8 Å². The molecule has 1 aliphatic carbocycles. The minimum atomic E-state index is -0.550. The molecule has 2 aromatic carbocycles. The van der Waals surface area contributed by atoms with Crippen molar-refractivity contribution in [2.24, 2.45) is 17.8 Å².